The number of carbonyl (C=O) groups excluding carboxylic acids is 2. The third-order valence-electron chi connectivity index (χ3n) is 3.01. The molecule has 1 saturated carbocycles. The number of aryl methyl sites for hydroxylation is 1. The van der Waals surface area contributed by atoms with Crippen molar-refractivity contribution in [3.63, 3.8) is 0 Å². The molecule has 5 nitrogen and oxygen atoms in total. The highest BCUT2D eigenvalue weighted by atomic mass is 32.1. The number of nitrogens with two attached hydrogens (primary N) is 1. The lowest BCUT2D eigenvalue weighted by Gasteiger charge is -2.04. The summed E-state index contributed by atoms with van der Waals surface area (Å²) in [6.07, 6.45) is 0.0897. The molecule has 1 aromatic heterocycles. The number of hydrogen-bond donors (Lipinski definition) is 2. The lowest BCUT2D eigenvalue weighted by molar-refractivity contribution is -0.122. The molecule has 0 spiro atoms. The Labute approximate surface area is 109 Å². The second-order valence-corrected chi connectivity index (χ2v) is 5.32. The van der Waals surface area contributed by atoms with Gasteiger partial charge in [0.25, 0.3) is 0 Å². The van der Waals surface area contributed by atoms with Gasteiger partial charge in [-0.15, -0.1) is 11.3 Å². The molecule has 18 heavy (non-hydrogen) atoms. The molecule has 0 aromatic carbocycles. The summed E-state index contributed by atoms with van der Waals surface area (Å²) in [6.45, 7) is 2.50. The first-order valence-electron chi connectivity index (χ1n) is 5.83. The molecule has 3 N–H and O–H groups in total. The molecule has 1 aliphatic rings. The van der Waals surface area contributed by atoms with E-state index in [1.165, 1.54) is 10.4 Å². The van der Waals surface area contributed by atoms with E-state index in [1.54, 1.807) is 11.3 Å². The van der Waals surface area contributed by atoms with Gasteiger partial charge in [0.15, 0.2) is 0 Å². The van der Waals surface area contributed by atoms with E-state index in [9.17, 15) is 9.59 Å². The largest absolute Gasteiger partial charge is 0.448 e. The Hall–Kier alpha value is -1.56. The van der Waals surface area contributed by atoms with Gasteiger partial charge in [0.05, 0.1) is 6.54 Å². The van der Waals surface area contributed by atoms with Crippen LogP contribution in [0.1, 0.15) is 22.8 Å². The van der Waals surface area contributed by atoms with Crippen molar-refractivity contribution >= 4 is 23.3 Å². The van der Waals surface area contributed by atoms with Crippen LogP contribution in [-0.4, -0.2) is 25.2 Å². The Morgan fingerprint density at radius 3 is 3.00 bits per heavy atom. The number of rotatable bonds is 5. The number of hydrogen-bond acceptors (Lipinski definition) is 4. The zero-order valence-electron chi connectivity index (χ0n) is 10.1. The molecule has 0 saturated heterocycles. The molecule has 1 fully saturated rings. The molecule has 6 heteroatoms. The summed E-state index contributed by atoms with van der Waals surface area (Å²) in [7, 11) is 0. The fourth-order valence-electron chi connectivity index (χ4n) is 2.00. The summed E-state index contributed by atoms with van der Waals surface area (Å²) in [5, 5.41) is 4.80. The highest BCUT2D eigenvalue weighted by molar-refractivity contribution is 7.10. The van der Waals surface area contributed by atoms with Crippen molar-refractivity contribution in [2.75, 3.05) is 13.2 Å². The molecule has 0 bridgehead atoms. The van der Waals surface area contributed by atoms with Crippen molar-refractivity contribution in [3.8, 4) is 0 Å². The summed E-state index contributed by atoms with van der Waals surface area (Å²) in [5.74, 6) is 0.457. The van der Waals surface area contributed by atoms with Gasteiger partial charge in [-0.25, -0.2) is 4.79 Å². The molecule has 1 heterocycles. The standard InChI is InChI=1S/C12H16N2O3S/c1-7-2-5-18-10(7)8-6-9(8)11(15)14-3-4-17-12(13)16/h2,5,8-9H,3-4,6H2,1H3,(H2,13,16)(H,14,15)/t8-,9-/m1/s1. The predicted molar refractivity (Wildman–Crippen MR) is 68.4 cm³/mol. The lowest BCUT2D eigenvalue weighted by atomic mass is 10.2. The van der Waals surface area contributed by atoms with E-state index in [2.05, 4.69) is 28.4 Å². The number of primary amides is 1. The Kier molecular flexibility index (Phi) is 3.86. The second kappa shape index (κ2) is 5.39. The average molecular weight is 268 g/mol. The van der Waals surface area contributed by atoms with Gasteiger partial charge in [0.2, 0.25) is 5.91 Å². The van der Waals surface area contributed by atoms with E-state index in [0.29, 0.717) is 12.5 Å². The van der Waals surface area contributed by atoms with Crippen molar-refractivity contribution in [3.05, 3.63) is 21.9 Å². The van der Waals surface area contributed by atoms with Gasteiger partial charge in [0, 0.05) is 16.7 Å². The van der Waals surface area contributed by atoms with E-state index in [0.717, 1.165) is 6.42 Å². The molecule has 2 amide bonds. The van der Waals surface area contributed by atoms with Crippen LogP contribution in [0.3, 0.4) is 0 Å². The molecule has 98 valence electrons. The first-order valence-corrected chi connectivity index (χ1v) is 6.71. The van der Waals surface area contributed by atoms with Crippen molar-refractivity contribution in [1.82, 2.24) is 5.32 Å². The van der Waals surface area contributed by atoms with Crippen LogP contribution in [0.2, 0.25) is 0 Å². The van der Waals surface area contributed by atoms with Crippen molar-refractivity contribution in [2.45, 2.75) is 19.3 Å². The van der Waals surface area contributed by atoms with Gasteiger partial charge in [-0.1, -0.05) is 0 Å². The van der Waals surface area contributed by atoms with E-state index < -0.39 is 6.09 Å². The van der Waals surface area contributed by atoms with E-state index >= 15 is 0 Å². The Balaban J connectivity index is 1.73. The van der Waals surface area contributed by atoms with Crippen LogP contribution in [0, 0.1) is 12.8 Å². The van der Waals surface area contributed by atoms with E-state index in [1.807, 2.05) is 0 Å². The topological polar surface area (TPSA) is 81.4 Å². The van der Waals surface area contributed by atoms with Crippen LogP contribution in [-0.2, 0) is 9.53 Å². The van der Waals surface area contributed by atoms with Gasteiger partial charge in [-0.3, -0.25) is 4.79 Å². The van der Waals surface area contributed by atoms with Crippen LogP contribution < -0.4 is 11.1 Å². The smallest absolute Gasteiger partial charge is 0.404 e. The quantitative estimate of drug-likeness (QED) is 0.791. The van der Waals surface area contributed by atoms with Crippen molar-refractivity contribution < 1.29 is 14.3 Å². The van der Waals surface area contributed by atoms with Crippen LogP contribution in [0.25, 0.3) is 0 Å². The Morgan fingerprint density at radius 2 is 2.39 bits per heavy atom. The van der Waals surface area contributed by atoms with Crippen LogP contribution >= 0.6 is 11.3 Å². The maximum Gasteiger partial charge on any atom is 0.404 e. The minimum atomic E-state index is -0.817. The minimum Gasteiger partial charge on any atom is -0.448 e. The SMILES string of the molecule is Cc1ccsc1[C@@H]1C[C@H]1C(=O)NCCOC(N)=O. The van der Waals surface area contributed by atoms with Crippen LogP contribution in [0.15, 0.2) is 11.4 Å². The number of nitrogens with one attached hydrogen (secondary N) is 1. The first kappa shape index (κ1) is 12.9. The van der Waals surface area contributed by atoms with Gasteiger partial charge in [-0.05, 0) is 30.4 Å². The predicted octanol–water partition coefficient (Wildman–Crippen LogP) is 1.37. The molecule has 0 unspecified atom stereocenters. The minimum absolute atomic E-state index is 0.0286. The zero-order valence-corrected chi connectivity index (χ0v) is 11.0. The molecule has 0 radical (unpaired) electrons. The maximum absolute atomic E-state index is 11.8. The highest BCUT2D eigenvalue weighted by Crippen LogP contribution is 2.50. The number of carbonyl (C=O) groups is 2. The summed E-state index contributed by atoms with van der Waals surface area (Å²) >= 11 is 1.71. The Morgan fingerprint density at radius 1 is 1.61 bits per heavy atom. The maximum atomic E-state index is 11.8. The lowest BCUT2D eigenvalue weighted by Crippen LogP contribution is -2.30. The van der Waals surface area contributed by atoms with Crippen LogP contribution in [0.4, 0.5) is 4.79 Å². The summed E-state index contributed by atoms with van der Waals surface area (Å²) in [4.78, 5) is 23.4. The number of thiophene rings is 1. The Bertz CT molecular complexity index is 458. The number of ether oxygens (including phenoxy) is 1. The molecule has 0 aliphatic heterocycles. The summed E-state index contributed by atoms with van der Waals surface area (Å²) in [5.41, 5.74) is 6.07. The van der Waals surface area contributed by atoms with Crippen molar-refractivity contribution in [2.24, 2.45) is 11.7 Å². The third-order valence-corrected chi connectivity index (χ3v) is 4.16. The second-order valence-electron chi connectivity index (χ2n) is 4.38. The van der Waals surface area contributed by atoms with E-state index in [-0.39, 0.29) is 18.4 Å². The molecular formula is C12H16N2O3S. The van der Waals surface area contributed by atoms with Gasteiger partial charge in [-0.2, -0.15) is 0 Å². The molecule has 2 atom stereocenters. The summed E-state index contributed by atoms with van der Waals surface area (Å²) < 4.78 is 4.54. The van der Waals surface area contributed by atoms with Gasteiger partial charge >= 0.3 is 6.09 Å². The molecule has 1 aromatic rings. The monoisotopic (exact) mass is 268 g/mol. The fraction of sp³-hybridized carbons (Fsp3) is 0.500. The molecule has 2 rings (SSSR count). The third kappa shape index (κ3) is 3.01. The van der Waals surface area contributed by atoms with Gasteiger partial charge in [0.1, 0.15) is 6.61 Å². The van der Waals surface area contributed by atoms with Crippen LogP contribution in [0.5, 0.6) is 0 Å². The summed E-state index contributed by atoms with van der Waals surface area (Å²) in [6, 6.07) is 2.08. The van der Waals surface area contributed by atoms with Crippen molar-refractivity contribution in [1.29, 1.82) is 0 Å². The number of amides is 2. The first-order chi connectivity index (χ1) is 8.59. The average Bonchev–Trinajstić information content (AvgIpc) is 3.00. The normalized spacial score (nSPS) is 21.4. The molecule has 1 aliphatic carbocycles. The van der Waals surface area contributed by atoms with E-state index in [4.69, 9.17) is 5.73 Å². The zero-order chi connectivity index (χ0) is 13.1. The van der Waals surface area contributed by atoms with Gasteiger partial charge < -0.3 is 15.8 Å². The highest BCUT2D eigenvalue weighted by Gasteiger charge is 2.45. The molecular weight excluding hydrogens is 252 g/mol. The fourth-order valence-corrected chi connectivity index (χ4v) is 3.10.